The second-order valence-electron chi connectivity index (χ2n) is 13.0. The SMILES string of the molecule is COc1ccc(C(=O)O)c(N)c1.COc1ccc(N)c(S(=O)(=O)O)c1.Nc1cc(C(=O)O)ccc1C(=O)O.Nc1cc(Cl)ccc1C(=O)O.Nc1ccccc1C(=O)O.Nc1ccccc1S(=O)(=O)O. The largest absolute Gasteiger partial charge is 0.497 e. The lowest BCUT2D eigenvalue weighted by Gasteiger charge is -2.04. The molecule has 0 aliphatic carbocycles. The molecule has 0 aliphatic heterocycles. The van der Waals surface area contributed by atoms with Gasteiger partial charge in [-0.05, 0) is 84.9 Å². The van der Waals surface area contributed by atoms with E-state index in [0.717, 1.165) is 12.1 Å². The van der Waals surface area contributed by atoms with E-state index in [9.17, 15) is 40.8 Å². The number of methoxy groups -OCH3 is 2. The summed E-state index contributed by atoms with van der Waals surface area (Å²) in [6.45, 7) is 0. The summed E-state index contributed by atoms with van der Waals surface area (Å²) in [5, 5.41) is 43.2. The third-order valence-corrected chi connectivity index (χ3v) is 10.2. The summed E-state index contributed by atoms with van der Waals surface area (Å²) in [5.41, 5.74) is 32.9. The Morgan fingerprint density at radius 1 is 0.414 bits per heavy atom. The van der Waals surface area contributed by atoms with Crippen molar-refractivity contribution < 1.29 is 84.9 Å². The van der Waals surface area contributed by atoms with Crippen molar-refractivity contribution in [2.45, 2.75) is 9.79 Å². The number of anilines is 6. The van der Waals surface area contributed by atoms with Gasteiger partial charge in [0, 0.05) is 39.9 Å². The van der Waals surface area contributed by atoms with Gasteiger partial charge in [-0.1, -0.05) is 35.9 Å². The van der Waals surface area contributed by atoms with Crippen LogP contribution in [0, 0.1) is 0 Å². The number of nitrogen functional groups attached to an aromatic ring is 6. The molecule has 6 aromatic carbocycles. The van der Waals surface area contributed by atoms with Crippen LogP contribution in [-0.2, 0) is 20.2 Å². The Balaban J connectivity index is 0.000000421. The number of hydrogen-bond donors (Lipinski definition) is 13. The third kappa shape index (κ3) is 19.6. The number of hydrogen-bond acceptors (Lipinski definition) is 17. The lowest BCUT2D eigenvalue weighted by Crippen LogP contribution is -2.05. The monoisotopic (exact) mass is 1030 g/mol. The molecule has 0 atom stereocenters. The Bertz CT molecular complexity index is 3070. The van der Waals surface area contributed by atoms with E-state index in [1.165, 1.54) is 93.1 Å². The van der Waals surface area contributed by atoms with Crippen LogP contribution in [0.1, 0.15) is 51.8 Å². The molecule has 19 N–H and O–H groups in total. The summed E-state index contributed by atoms with van der Waals surface area (Å²) < 4.78 is 69.5. The molecule has 0 unspecified atom stereocenters. The van der Waals surface area contributed by atoms with Crippen molar-refractivity contribution in [2.75, 3.05) is 48.6 Å². The minimum absolute atomic E-state index is 0.0108. The number of carbonyl (C=O) groups is 5. The summed E-state index contributed by atoms with van der Waals surface area (Å²) in [7, 11) is -5.55. The van der Waals surface area contributed by atoms with Crippen molar-refractivity contribution in [2.24, 2.45) is 0 Å². The standard InChI is InChI=1S/C8H7NO4.C8H9NO3.C7H6ClNO2.C7H9NO4S.C7H7NO2.C6H7NO3S/c9-6-3-4(7(10)11)1-2-5(6)8(12)13;1-12-5-2-3-6(8(10)11)7(9)4-5;8-4-1-2-5(7(10)11)6(9)3-4;1-12-5-2-3-6(8)7(4-5)13(9,10)11;8-6-4-2-1-3-5(6)7(9)10;7-5-3-1-2-4-6(5)11(8,9)10/h1-3H,9H2,(H,10,11)(H,12,13);2-4H,9H2,1H3,(H,10,11);1-3H,9H2,(H,10,11);2-4H,8H2,1H3,(H,9,10,11);1-4H,8H2,(H,9,10);1-4H,7H2,(H,8,9,10). The number of rotatable bonds is 9. The molecule has 0 radical (unpaired) electrons. The van der Waals surface area contributed by atoms with Crippen LogP contribution in [0.5, 0.6) is 11.5 Å². The molecule has 0 saturated heterocycles. The lowest BCUT2D eigenvalue weighted by atomic mass is 10.1. The molecule has 0 spiro atoms. The summed E-state index contributed by atoms with van der Waals surface area (Å²) >= 11 is 5.55. The number of carboxylic acids is 5. The maximum Gasteiger partial charge on any atom is 0.337 e. The van der Waals surface area contributed by atoms with Crippen LogP contribution in [0.15, 0.2) is 131 Å². The van der Waals surface area contributed by atoms with Crippen LogP contribution in [0.25, 0.3) is 0 Å². The predicted molar refractivity (Wildman–Crippen MR) is 258 cm³/mol. The molecule has 374 valence electrons. The molecule has 0 heterocycles. The van der Waals surface area contributed by atoms with Crippen LogP contribution < -0.4 is 43.9 Å². The van der Waals surface area contributed by atoms with Crippen molar-refractivity contribution in [3.05, 3.63) is 154 Å². The number of para-hydroxylation sites is 2. The zero-order valence-corrected chi connectivity index (χ0v) is 38.7. The molecule has 0 amide bonds. The first kappa shape index (κ1) is 59.2. The van der Waals surface area contributed by atoms with E-state index in [1.54, 1.807) is 30.3 Å². The molecule has 0 aliphatic rings. The van der Waals surface area contributed by atoms with E-state index in [4.69, 9.17) is 90.1 Å². The van der Waals surface area contributed by atoms with Crippen molar-refractivity contribution >= 4 is 95.8 Å². The molecule has 70 heavy (non-hydrogen) atoms. The van der Waals surface area contributed by atoms with Crippen LogP contribution in [0.3, 0.4) is 0 Å². The van der Waals surface area contributed by atoms with Crippen LogP contribution >= 0.6 is 11.6 Å². The van der Waals surface area contributed by atoms with E-state index in [2.05, 4.69) is 0 Å². The molecular formula is C43H45ClN6O18S2. The Hall–Kier alpha value is -8.82. The highest BCUT2D eigenvalue weighted by atomic mass is 35.5. The molecule has 6 aromatic rings. The van der Waals surface area contributed by atoms with Gasteiger partial charge < -0.3 is 69.4 Å². The molecule has 0 aromatic heterocycles. The zero-order valence-electron chi connectivity index (χ0n) is 36.3. The van der Waals surface area contributed by atoms with E-state index < -0.39 is 50.1 Å². The fourth-order valence-electron chi connectivity index (χ4n) is 4.75. The molecule has 0 fully saturated rings. The summed E-state index contributed by atoms with van der Waals surface area (Å²) in [6, 6.07) is 28.3. The van der Waals surface area contributed by atoms with Gasteiger partial charge in [-0.25, -0.2) is 24.0 Å². The van der Waals surface area contributed by atoms with E-state index >= 15 is 0 Å². The number of carboxylic acid groups (broad SMARTS) is 5. The normalized spacial score (nSPS) is 10.1. The number of benzene rings is 6. The number of halogens is 1. The highest BCUT2D eigenvalue weighted by molar-refractivity contribution is 7.86. The average Bonchev–Trinajstić information content (AvgIpc) is 3.26. The smallest absolute Gasteiger partial charge is 0.337 e. The van der Waals surface area contributed by atoms with Crippen molar-refractivity contribution in [1.82, 2.24) is 0 Å². The fourth-order valence-corrected chi connectivity index (χ4v) is 6.18. The van der Waals surface area contributed by atoms with Crippen molar-refractivity contribution in [3.63, 3.8) is 0 Å². The minimum atomic E-state index is -4.27. The van der Waals surface area contributed by atoms with Gasteiger partial charge in [-0.15, -0.1) is 0 Å². The first-order chi connectivity index (χ1) is 32.5. The molecule has 24 nitrogen and oxygen atoms in total. The minimum Gasteiger partial charge on any atom is -0.497 e. The molecular weight excluding hydrogens is 988 g/mol. The average molecular weight is 1030 g/mol. The Morgan fingerprint density at radius 2 is 0.786 bits per heavy atom. The van der Waals surface area contributed by atoms with Crippen LogP contribution in [0.2, 0.25) is 5.02 Å². The second kappa shape index (κ2) is 27.1. The second-order valence-corrected chi connectivity index (χ2v) is 16.2. The first-order valence-electron chi connectivity index (χ1n) is 18.6. The van der Waals surface area contributed by atoms with Gasteiger partial charge in [-0.3, -0.25) is 9.11 Å². The first-order valence-corrected chi connectivity index (χ1v) is 21.8. The highest BCUT2D eigenvalue weighted by Crippen LogP contribution is 2.24. The zero-order chi connectivity index (χ0) is 53.7. The van der Waals surface area contributed by atoms with Crippen molar-refractivity contribution in [3.8, 4) is 11.5 Å². The number of ether oxygens (including phenoxy) is 2. The summed E-state index contributed by atoms with van der Waals surface area (Å²) in [4.78, 5) is 51.6. The summed E-state index contributed by atoms with van der Waals surface area (Å²) in [6.07, 6.45) is 0. The van der Waals surface area contributed by atoms with Gasteiger partial charge in [0.25, 0.3) is 20.2 Å². The molecule has 0 saturated carbocycles. The lowest BCUT2D eigenvalue weighted by molar-refractivity contribution is 0.0682. The third-order valence-electron chi connectivity index (χ3n) is 8.15. The van der Waals surface area contributed by atoms with Gasteiger partial charge in [-0.2, -0.15) is 16.8 Å². The maximum atomic E-state index is 10.7. The van der Waals surface area contributed by atoms with Gasteiger partial charge >= 0.3 is 29.8 Å². The fraction of sp³-hybridized carbons (Fsp3) is 0.0465. The predicted octanol–water partition coefficient (Wildman–Crippen LogP) is 5.27. The Kier molecular flexibility index (Phi) is 22.9. The maximum absolute atomic E-state index is 10.7. The molecule has 6 rings (SSSR count). The summed E-state index contributed by atoms with van der Waals surface area (Å²) in [5.74, 6) is -4.50. The topological polar surface area (TPSA) is 470 Å². The van der Waals surface area contributed by atoms with E-state index in [-0.39, 0.29) is 66.0 Å². The van der Waals surface area contributed by atoms with E-state index in [1.807, 2.05) is 0 Å². The number of aromatic carboxylic acids is 5. The number of nitrogens with two attached hydrogens (primary N) is 6. The van der Waals surface area contributed by atoms with Gasteiger partial charge in [0.2, 0.25) is 0 Å². The van der Waals surface area contributed by atoms with Crippen LogP contribution in [-0.4, -0.2) is 95.5 Å². The van der Waals surface area contributed by atoms with Gasteiger partial charge in [0.05, 0.1) is 53.4 Å². The molecule has 27 heteroatoms. The van der Waals surface area contributed by atoms with Crippen molar-refractivity contribution in [1.29, 1.82) is 0 Å². The quantitative estimate of drug-likeness (QED) is 0.0648. The van der Waals surface area contributed by atoms with Crippen LogP contribution in [0.4, 0.5) is 34.1 Å². The van der Waals surface area contributed by atoms with Gasteiger partial charge in [0.15, 0.2) is 0 Å². The van der Waals surface area contributed by atoms with E-state index in [0.29, 0.717) is 22.2 Å². The Morgan fingerprint density at radius 3 is 1.16 bits per heavy atom. The Labute approximate surface area is 403 Å². The van der Waals surface area contributed by atoms with Gasteiger partial charge in [0.1, 0.15) is 21.3 Å². The highest BCUT2D eigenvalue weighted by Gasteiger charge is 2.15. The molecule has 0 bridgehead atoms.